The molecule has 1 aromatic heterocycles. The fraction of sp³-hybridized carbons (Fsp3) is 0.867. The molecule has 1 N–H and O–H groups in total. The van der Waals surface area contributed by atoms with E-state index in [0.717, 1.165) is 43.7 Å². The normalized spacial score (nSPS) is 22.8. The van der Waals surface area contributed by atoms with Gasteiger partial charge >= 0.3 is 0 Å². The molecule has 2 fully saturated rings. The van der Waals surface area contributed by atoms with Gasteiger partial charge in [-0.05, 0) is 38.6 Å². The maximum atomic E-state index is 5.41. The second kappa shape index (κ2) is 6.68. The van der Waals surface area contributed by atoms with E-state index < -0.39 is 0 Å². The lowest BCUT2D eigenvalue weighted by atomic mass is 10.2. The minimum atomic E-state index is 0.651. The Morgan fingerprint density at radius 1 is 1.35 bits per heavy atom. The first-order chi connectivity index (χ1) is 9.85. The minimum absolute atomic E-state index is 0.651. The van der Waals surface area contributed by atoms with Crippen molar-refractivity contribution in [2.24, 2.45) is 0 Å². The molecule has 5 nitrogen and oxygen atoms in total. The van der Waals surface area contributed by atoms with Gasteiger partial charge in [-0.1, -0.05) is 18.5 Å². The molecule has 0 bridgehead atoms. The van der Waals surface area contributed by atoms with E-state index in [1.54, 1.807) is 0 Å². The Morgan fingerprint density at radius 3 is 2.95 bits per heavy atom. The zero-order chi connectivity index (χ0) is 13.8. The van der Waals surface area contributed by atoms with Gasteiger partial charge in [0.25, 0.3) is 0 Å². The average molecular weight is 278 g/mol. The Balaban J connectivity index is 1.54. The summed E-state index contributed by atoms with van der Waals surface area (Å²) in [5, 5.41) is 7.67. The van der Waals surface area contributed by atoms with Crippen molar-refractivity contribution in [1.82, 2.24) is 20.4 Å². The van der Waals surface area contributed by atoms with Crippen molar-refractivity contribution in [2.45, 2.75) is 70.5 Å². The van der Waals surface area contributed by atoms with Crippen LogP contribution < -0.4 is 5.32 Å². The fourth-order valence-electron chi connectivity index (χ4n) is 2.94. The minimum Gasteiger partial charge on any atom is -0.338 e. The van der Waals surface area contributed by atoms with Crippen LogP contribution in [0.5, 0.6) is 0 Å². The maximum Gasteiger partial charge on any atom is 0.240 e. The predicted octanol–water partition coefficient (Wildman–Crippen LogP) is 2.13. The Labute approximate surface area is 121 Å². The molecule has 0 spiro atoms. The highest BCUT2D eigenvalue weighted by Crippen LogP contribution is 2.29. The SMILES string of the molecule is CCCCc1noc(CN(CC2CCCN2)C2CC2)n1. The molecule has 1 aliphatic heterocycles. The predicted molar refractivity (Wildman–Crippen MR) is 77.4 cm³/mol. The summed E-state index contributed by atoms with van der Waals surface area (Å²) in [5.41, 5.74) is 0. The third kappa shape index (κ3) is 3.79. The number of nitrogens with one attached hydrogen (secondary N) is 1. The molecule has 1 saturated carbocycles. The van der Waals surface area contributed by atoms with Gasteiger partial charge in [0.1, 0.15) is 0 Å². The molecule has 3 rings (SSSR count). The number of hydrogen-bond acceptors (Lipinski definition) is 5. The molecule has 1 saturated heterocycles. The van der Waals surface area contributed by atoms with E-state index in [4.69, 9.17) is 4.52 Å². The Hall–Kier alpha value is -0.940. The van der Waals surface area contributed by atoms with Gasteiger partial charge in [0.05, 0.1) is 6.54 Å². The summed E-state index contributed by atoms with van der Waals surface area (Å²) in [5.74, 6) is 1.66. The van der Waals surface area contributed by atoms with Crippen LogP contribution in [-0.2, 0) is 13.0 Å². The van der Waals surface area contributed by atoms with E-state index in [2.05, 4.69) is 27.3 Å². The van der Waals surface area contributed by atoms with Crippen LogP contribution in [-0.4, -0.2) is 40.2 Å². The van der Waals surface area contributed by atoms with Crippen LogP contribution in [0.4, 0.5) is 0 Å². The van der Waals surface area contributed by atoms with Crippen molar-refractivity contribution in [1.29, 1.82) is 0 Å². The molecule has 5 heteroatoms. The molecule has 20 heavy (non-hydrogen) atoms. The van der Waals surface area contributed by atoms with Crippen LogP contribution in [0.3, 0.4) is 0 Å². The van der Waals surface area contributed by atoms with Crippen LogP contribution in [0.1, 0.15) is 57.2 Å². The number of aromatic nitrogens is 2. The molecule has 2 aliphatic rings. The standard InChI is InChI=1S/C15H26N4O/c1-2-3-6-14-17-15(20-18-14)11-19(13-7-8-13)10-12-5-4-9-16-12/h12-13,16H,2-11H2,1H3. The smallest absolute Gasteiger partial charge is 0.240 e. The number of hydrogen-bond donors (Lipinski definition) is 1. The van der Waals surface area contributed by atoms with Crippen molar-refractivity contribution in [2.75, 3.05) is 13.1 Å². The van der Waals surface area contributed by atoms with Crippen LogP contribution in [0.15, 0.2) is 4.52 Å². The van der Waals surface area contributed by atoms with E-state index in [9.17, 15) is 0 Å². The highest BCUT2D eigenvalue weighted by Gasteiger charge is 2.32. The van der Waals surface area contributed by atoms with Gasteiger partial charge in [0, 0.05) is 25.0 Å². The molecule has 0 aromatic carbocycles. The van der Waals surface area contributed by atoms with Gasteiger partial charge in [-0.15, -0.1) is 0 Å². The number of unbranched alkanes of at least 4 members (excludes halogenated alkanes) is 1. The summed E-state index contributed by atoms with van der Waals surface area (Å²) in [7, 11) is 0. The first-order valence-corrected chi connectivity index (χ1v) is 8.14. The van der Waals surface area contributed by atoms with Crippen molar-refractivity contribution in [3.05, 3.63) is 11.7 Å². The summed E-state index contributed by atoms with van der Waals surface area (Å²) < 4.78 is 5.41. The molecular weight excluding hydrogens is 252 g/mol. The molecule has 2 heterocycles. The van der Waals surface area contributed by atoms with Gasteiger partial charge in [0.15, 0.2) is 5.82 Å². The Kier molecular flexibility index (Phi) is 4.68. The van der Waals surface area contributed by atoms with Crippen LogP contribution in [0, 0.1) is 0 Å². The van der Waals surface area contributed by atoms with E-state index in [0.29, 0.717) is 6.04 Å². The summed E-state index contributed by atoms with van der Waals surface area (Å²) in [6.07, 6.45) is 8.50. The number of rotatable bonds is 8. The van der Waals surface area contributed by atoms with E-state index in [1.165, 1.54) is 38.6 Å². The molecule has 1 unspecified atom stereocenters. The second-order valence-electron chi connectivity index (χ2n) is 6.16. The van der Waals surface area contributed by atoms with Crippen molar-refractivity contribution < 1.29 is 4.52 Å². The van der Waals surface area contributed by atoms with Crippen LogP contribution in [0.2, 0.25) is 0 Å². The third-order valence-electron chi connectivity index (χ3n) is 4.28. The monoisotopic (exact) mass is 278 g/mol. The lowest BCUT2D eigenvalue weighted by Crippen LogP contribution is -2.38. The molecule has 1 atom stereocenters. The van der Waals surface area contributed by atoms with Gasteiger partial charge in [-0.2, -0.15) is 4.98 Å². The zero-order valence-electron chi connectivity index (χ0n) is 12.5. The van der Waals surface area contributed by atoms with Crippen LogP contribution >= 0.6 is 0 Å². The van der Waals surface area contributed by atoms with Gasteiger partial charge in [-0.3, -0.25) is 4.90 Å². The quantitative estimate of drug-likeness (QED) is 0.789. The largest absolute Gasteiger partial charge is 0.338 e. The number of nitrogens with zero attached hydrogens (tertiary/aromatic N) is 3. The highest BCUT2D eigenvalue weighted by atomic mass is 16.5. The van der Waals surface area contributed by atoms with E-state index in [1.807, 2.05) is 0 Å². The van der Waals surface area contributed by atoms with Gasteiger partial charge in [0.2, 0.25) is 5.89 Å². The number of aryl methyl sites for hydroxylation is 1. The van der Waals surface area contributed by atoms with Crippen LogP contribution in [0.25, 0.3) is 0 Å². The van der Waals surface area contributed by atoms with Gasteiger partial charge < -0.3 is 9.84 Å². The first-order valence-electron chi connectivity index (χ1n) is 8.14. The lowest BCUT2D eigenvalue weighted by Gasteiger charge is -2.23. The molecule has 0 amide bonds. The lowest BCUT2D eigenvalue weighted by molar-refractivity contribution is 0.200. The average Bonchev–Trinajstić information content (AvgIpc) is 3.00. The summed E-state index contributed by atoms with van der Waals surface area (Å²) >= 11 is 0. The van der Waals surface area contributed by atoms with Gasteiger partial charge in [-0.25, -0.2) is 0 Å². The summed E-state index contributed by atoms with van der Waals surface area (Å²) in [6.45, 7) is 5.30. The summed E-state index contributed by atoms with van der Waals surface area (Å²) in [4.78, 5) is 7.06. The Bertz CT molecular complexity index is 410. The van der Waals surface area contributed by atoms with Crippen molar-refractivity contribution in [3.8, 4) is 0 Å². The first kappa shape index (κ1) is 14.0. The molecule has 0 radical (unpaired) electrons. The maximum absolute atomic E-state index is 5.41. The second-order valence-corrected chi connectivity index (χ2v) is 6.16. The fourth-order valence-corrected chi connectivity index (χ4v) is 2.94. The highest BCUT2D eigenvalue weighted by molar-refractivity contribution is 4.93. The third-order valence-corrected chi connectivity index (χ3v) is 4.28. The molecular formula is C15H26N4O. The van der Waals surface area contributed by atoms with E-state index in [-0.39, 0.29) is 0 Å². The molecule has 1 aromatic rings. The van der Waals surface area contributed by atoms with Crippen molar-refractivity contribution in [3.63, 3.8) is 0 Å². The Morgan fingerprint density at radius 2 is 2.25 bits per heavy atom. The van der Waals surface area contributed by atoms with Crippen molar-refractivity contribution >= 4 is 0 Å². The molecule has 112 valence electrons. The topological polar surface area (TPSA) is 54.2 Å². The summed E-state index contributed by atoms with van der Waals surface area (Å²) in [6, 6.07) is 1.39. The molecule has 1 aliphatic carbocycles. The van der Waals surface area contributed by atoms with E-state index >= 15 is 0 Å². The zero-order valence-corrected chi connectivity index (χ0v) is 12.5.